The van der Waals surface area contributed by atoms with Gasteiger partial charge in [-0.2, -0.15) is 5.26 Å². The van der Waals surface area contributed by atoms with Crippen molar-refractivity contribution in [2.45, 2.75) is 39.5 Å². The van der Waals surface area contributed by atoms with Crippen molar-refractivity contribution in [3.63, 3.8) is 0 Å². The molecule has 0 saturated carbocycles. The Bertz CT molecular complexity index is 308. The van der Waals surface area contributed by atoms with E-state index in [-0.39, 0.29) is 5.41 Å². The topological polar surface area (TPSA) is 27.0 Å². The SMILES string of the molecule is CC(C)(CCC#N)CN1C[C@H]2CC=CC[C@H]2C1. The Kier molecular flexibility index (Phi) is 3.89. The van der Waals surface area contributed by atoms with Crippen molar-refractivity contribution in [1.82, 2.24) is 4.90 Å². The zero-order chi connectivity index (χ0) is 12.3. The molecule has 0 spiro atoms. The van der Waals surface area contributed by atoms with E-state index in [2.05, 4.69) is 37.0 Å². The van der Waals surface area contributed by atoms with Crippen molar-refractivity contribution in [3.8, 4) is 6.07 Å². The minimum Gasteiger partial charge on any atom is -0.302 e. The van der Waals surface area contributed by atoms with Crippen LogP contribution in [0.2, 0.25) is 0 Å². The Morgan fingerprint density at radius 3 is 2.35 bits per heavy atom. The van der Waals surface area contributed by atoms with Gasteiger partial charge in [-0.25, -0.2) is 0 Å². The van der Waals surface area contributed by atoms with Gasteiger partial charge < -0.3 is 4.90 Å². The Morgan fingerprint density at radius 2 is 1.82 bits per heavy atom. The molecule has 0 bridgehead atoms. The van der Waals surface area contributed by atoms with Gasteiger partial charge in [-0.15, -0.1) is 0 Å². The quantitative estimate of drug-likeness (QED) is 0.696. The molecule has 0 aromatic rings. The molecular weight excluding hydrogens is 208 g/mol. The van der Waals surface area contributed by atoms with Crippen molar-refractivity contribution >= 4 is 0 Å². The third-order valence-electron chi connectivity index (χ3n) is 4.26. The highest BCUT2D eigenvalue weighted by Gasteiger charge is 2.34. The van der Waals surface area contributed by atoms with Crippen LogP contribution in [0.25, 0.3) is 0 Å². The van der Waals surface area contributed by atoms with E-state index in [1.54, 1.807) is 0 Å². The molecule has 0 aromatic heterocycles. The number of likely N-dealkylation sites (tertiary alicyclic amines) is 1. The summed E-state index contributed by atoms with van der Waals surface area (Å²) in [5, 5.41) is 8.69. The van der Waals surface area contributed by atoms with Gasteiger partial charge in [0.25, 0.3) is 0 Å². The van der Waals surface area contributed by atoms with E-state index < -0.39 is 0 Å². The highest BCUT2D eigenvalue weighted by atomic mass is 15.2. The predicted molar refractivity (Wildman–Crippen MR) is 70.4 cm³/mol. The molecule has 1 fully saturated rings. The van der Waals surface area contributed by atoms with Crippen LogP contribution in [-0.4, -0.2) is 24.5 Å². The average Bonchev–Trinajstić information content (AvgIpc) is 2.67. The van der Waals surface area contributed by atoms with Crippen LogP contribution >= 0.6 is 0 Å². The summed E-state index contributed by atoms with van der Waals surface area (Å²) in [6.07, 6.45) is 8.97. The summed E-state index contributed by atoms with van der Waals surface area (Å²) in [5.74, 6) is 1.79. The summed E-state index contributed by atoms with van der Waals surface area (Å²) in [7, 11) is 0. The summed E-state index contributed by atoms with van der Waals surface area (Å²) < 4.78 is 0. The number of rotatable bonds is 4. The van der Waals surface area contributed by atoms with E-state index in [0.29, 0.717) is 6.42 Å². The first-order valence-electron chi connectivity index (χ1n) is 6.85. The lowest BCUT2D eigenvalue weighted by molar-refractivity contribution is 0.192. The van der Waals surface area contributed by atoms with E-state index in [1.165, 1.54) is 25.9 Å². The van der Waals surface area contributed by atoms with Crippen molar-refractivity contribution < 1.29 is 0 Å². The maximum Gasteiger partial charge on any atom is 0.0621 e. The first-order valence-corrected chi connectivity index (χ1v) is 6.85. The van der Waals surface area contributed by atoms with Gasteiger partial charge >= 0.3 is 0 Å². The van der Waals surface area contributed by atoms with E-state index in [0.717, 1.165) is 24.8 Å². The monoisotopic (exact) mass is 232 g/mol. The summed E-state index contributed by atoms with van der Waals surface area (Å²) in [6.45, 7) is 8.28. The van der Waals surface area contributed by atoms with Crippen molar-refractivity contribution in [3.05, 3.63) is 12.2 Å². The van der Waals surface area contributed by atoms with Gasteiger partial charge in [0, 0.05) is 26.1 Å². The number of allylic oxidation sites excluding steroid dienone is 2. The molecule has 17 heavy (non-hydrogen) atoms. The Morgan fingerprint density at radius 1 is 1.24 bits per heavy atom. The molecule has 94 valence electrons. The third-order valence-corrected chi connectivity index (χ3v) is 4.26. The summed E-state index contributed by atoms with van der Waals surface area (Å²) in [6, 6.07) is 2.27. The molecule has 0 radical (unpaired) electrons. The fraction of sp³-hybridized carbons (Fsp3) is 0.800. The number of hydrogen-bond donors (Lipinski definition) is 0. The summed E-state index contributed by atoms with van der Waals surface area (Å²) in [4.78, 5) is 2.62. The third kappa shape index (κ3) is 3.33. The zero-order valence-corrected chi connectivity index (χ0v) is 11.2. The largest absolute Gasteiger partial charge is 0.302 e. The van der Waals surface area contributed by atoms with Crippen LogP contribution in [0.5, 0.6) is 0 Å². The Balaban J connectivity index is 1.83. The van der Waals surface area contributed by atoms with Gasteiger partial charge in [0.05, 0.1) is 6.07 Å². The second-order valence-corrected chi connectivity index (χ2v) is 6.48. The Labute approximate surface area is 105 Å². The van der Waals surface area contributed by atoms with Gasteiger partial charge in [-0.1, -0.05) is 26.0 Å². The van der Waals surface area contributed by atoms with Gasteiger partial charge in [-0.05, 0) is 36.5 Å². The highest BCUT2D eigenvalue weighted by Crippen LogP contribution is 2.35. The van der Waals surface area contributed by atoms with E-state index in [1.807, 2.05) is 0 Å². The molecular formula is C15H24N2. The maximum atomic E-state index is 8.69. The molecule has 1 saturated heterocycles. The lowest BCUT2D eigenvalue weighted by atomic mass is 9.86. The molecule has 2 nitrogen and oxygen atoms in total. The molecule has 2 rings (SSSR count). The lowest BCUT2D eigenvalue weighted by Gasteiger charge is -2.29. The molecule has 2 atom stereocenters. The first kappa shape index (κ1) is 12.6. The van der Waals surface area contributed by atoms with Gasteiger partial charge in [0.15, 0.2) is 0 Å². The van der Waals surface area contributed by atoms with E-state index >= 15 is 0 Å². The van der Waals surface area contributed by atoms with Crippen LogP contribution in [0.1, 0.15) is 39.5 Å². The van der Waals surface area contributed by atoms with Crippen LogP contribution in [0, 0.1) is 28.6 Å². The van der Waals surface area contributed by atoms with Crippen molar-refractivity contribution in [1.29, 1.82) is 5.26 Å². The average molecular weight is 232 g/mol. The van der Waals surface area contributed by atoms with Crippen LogP contribution < -0.4 is 0 Å². The fourth-order valence-electron chi connectivity index (χ4n) is 3.32. The number of nitriles is 1. The molecule has 0 amide bonds. The molecule has 1 aliphatic carbocycles. The predicted octanol–water partition coefficient (Wildman–Crippen LogP) is 3.21. The van der Waals surface area contributed by atoms with Crippen LogP contribution in [-0.2, 0) is 0 Å². The number of nitrogens with zero attached hydrogens (tertiary/aromatic N) is 2. The molecule has 0 aromatic carbocycles. The summed E-state index contributed by atoms with van der Waals surface area (Å²) in [5.41, 5.74) is 0.288. The van der Waals surface area contributed by atoms with E-state index in [4.69, 9.17) is 5.26 Å². The van der Waals surface area contributed by atoms with Gasteiger partial charge in [0.2, 0.25) is 0 Å². The normalized spacial score (nSPS) is 29.0. The van der Waals surface area contributed by atoms with Crippen LogP contribution in [0.3, 0.4) is 0 Å². The van der Waals surface area contributed by atoms with Gasteiger partial charge in [0.1, 0.15) is 0 Å². The fourth-order valence-corrected chi connectivity index (χ4v) is 3.32. The van der Waals surface area contributed by atoms with Crippen LogP contribution in [0.4, 0.5) is 0 Å². The summed E-state index contributed by atoms with van der Waals surface area (Å²) >= 11 is 0. The highest BCUT2D eigenvalue weighted by molar-refractivity contribution is 5.00. The molecule has 2 aliphatic rings. The molecule has 0 N–H and O–H groups in total. The molecule has 1 aliphatic heterocycles. The van der Waals surface area contributed by atoms with Crippen molar-refractivity contribution in [2.75, 3.05) is 19.6 Å². The Hall–Kier alpha value is -0.810. The minimum absolute atomic E-state index is 0.288. The standard InChI is InChI=1S/C15H24N2/c1-15(2,8-5-9-16)12-17-10-13-6-3-4-7-14(13)11-17/h3-4,13-14H,5-8,10-12H2,1-2H3/t13-,14+. The maximum absolute atomic E-state index is 8.69. The van der Waals surface area contributed by atoms with E-state index in [9.17, 15) is 0 Å². The molecule has 2 heteroatoms. The van der Waals surface area contributed by atoms with Crippen LogP contribution in [0.15, 0.2) is 12.2 Å². The molecule has 1 heterocycles. The smallest absolute Gasteiger partial charge is 0.0621 e. The minimum atomic E-state index is 0.288. The second-order valence-electron chi connectivity index (χ2n) is 6.48. The number of fused-ring (bicyclic) bond motifs is 1. The second kappa shape index (κ2) is 5.23. The number of hydrogen-bond acceptors (Lipinski definition) is 2. The first-order chi connectivity index (χ1) is 8.11. The zero-order valence-electron chi connectivity index (χ0n) is 11.2. The van der Waals surface area contributed by atoms with Crippen molar-refractivity contribution in [2.24, 2.45) is 17.3 Å². The van der Waals surface area contributed by atoms with Gasteiger partial charge in [-0.3, -0.25) is 0 Å². The lowest BCUT2D eigenvalue weighted by Crippen LogP contribution is -2.33. The molecule has 0 unspecified atom stereocenters.